The molecule has 124 valence electrons. The Kier molecular flexibility index (Phi) is 2.76. The van der Waals surface area contributed by atoms with E-state index in [-0.39, 0.29) is 0 Å². The van der Waals surface area contributed by atoms with Gasteiger partial charge in [-0.05, 0) is 37.9 Å². The number of hydrogen-bond acceptors (Lipinski definition) is 2. The molecule has 1 fully saturated rings. The van der Waals surface area contributed by atoms with Crippen molar-refractivity contribution < 1.29 is 18.3 Å². The molecule has 0 aliphatic carbocycles. The van der Waals surface area contributed by atoms with E-state index in [0.29, 0.717) is 5.56 Å². The van der Waals surface area contributed by atoms with Crippen LogP contribution >= 0.6 is 0 Å². The van der Waals surface area contributed by atoms with Crippen LogP contribution in [0.2, 0.25) is 0 Å². The second-order valence-corrected chi connectivity index (χ2v) is 6.43. The van der Waals surface area contributed by atoms with E-state index in [4.69, 9.17) is 0 Å². The van der Waals surface area contributed by atoms with Crippen LogP contribution in [0.25, 0.3) is 32.3 Å². The lowest BCUT2D eigenvalue weighted by atomic mass is 9.88. The van der Waals surface area contributed by atoms with E-state index >= 15 is 0 Å². The van der Waals surface area contributed by atoms with Gasteiger partial charge in [-0.2, -0.15) is 0 Å². The van der Waals surface area contributed by atoms with Crippen molar-refractivity contribution >= 4 is 38.4 Å². The van der Waals surface area contributed by atoms with Crippen LogP contribution < -0.4 is 5.32 Å². The number of alkyl halides is 2. The second kappa shape index (κ2) is 4.79. The first-order chi connectivity index (χ1) is 12.0. The molecule has 4 aromatic carbocycles. The van der Waals surface area contributed by atoms with Gasteiger partial charge in [0.15, 0.2) is 6.61 Å². The van der Waals surface area contributed by atoms with Crippen molar-refractivity contribution in [3.63, 3.8) is 0 Å². The molecule has 1 heterocycles. The standard InChI is InChI=1S/C20H13F2NO2/c21-20(22)10-25-19(24)23-18(20)15-9-7-13-5-4-11-2-1-3-12-6-8-14(15)17(13)16(11)12/h1-9,18H,10H2,(H,23,24)/t18-/m1/s1. The van der Waals surface area contributed by atoms with Gasteiger partial charge in [0.05, 0.1) is 0 Å². The van der Waals surface area contributed by atoms with E-state index in [2.05, 4.69) is 10.1 Å². The van der Waals surface area contributed by atoms with Gasteiger partial charge in [0.25, 0.3) is 0 Å². The van der Waals surface area contributed by atoms with E-state index in [1.807, 2.05) is 48.5 Å². The highest BCUT2D eigenvalue weighted by atomic mass is 19.3. The van der Waals surface area contributed by atoms with E-state index in [9.17, 15) is 13.6 Å². The maximum absolute atomic E-state index is 14.4. The van der Waals surface area contributed by atoms with Crippen LogP contribution in [0.1, 0.15) is 11.6 Å². The van der Waals surface area contributed by atoms with Crippen molar-refractivity contribution in [3.05, 3.63) is 60.2 Å². The van der Waals surface area contributed by atoms with Gasteiger partial charge >= 0.3 is 12.0 Å². The van der Waals surface area contributed by atoms with Crippen molar-refractivity contribution in [1.82, 2.24) is 5.32 Å². The van der Waals surface area contributed by atoms with Gasteiger partial charge in [0.2, 0.25) is 0 Å². The normalized spacial score (nSPS) is 20.1. The average Bonchev–Trinajstić information content (AvgIpc) is 2.62. The fraction of sp³-hybridized carbons (Fsp3) is 0.150. The molecular formula is C20H13F2NO2. The number of benzene rings is 4. The molecule has 4 aromatic rings. The van der Waals surface area contributed by atoms with Crippen LogP contribution in [0.4, 0.5) is 13.6 Å². The summed E-state index contributed by atoms with van der Waals surface area (Å²) in [7, 11) is 0. The van der Waals surface area contributed by atoms with Crippen LogP contribution in [0, 0.1) is 0 Å². The minimum atomic E-state index is -3.17. The summed E-state index contributed by atoms with van der Waals surface area (Å²) in [6.45, 7) is -0.911. The monoisotopic (exact) mass is 337 g/mol. The van der Waals surface area contributed by atoms with Crippen molar-refractivity contribution in [1.29, 1.82) is 0 Å². The van der Waals surface area contributed by atoms with Gasteiger partial charge in [-0.15, -0.1) is 0 Å². The third-order valence-electron chi connectivity index (χ3n) is 4.95. The Morgan fingerprint density at radius 2 is 1.56 bits per heavy atom. The Hall–Kier alpha value is -2.95. The summed E-state index contributed by atoms with van der Waals surface area (Å²) in [5.41, 5.74) is 0.410. The predicted octanol–water partition coefficient (Wildman–Crippen LogP) is 5.00. The third-order valence-corrected chi connectivity index (χ3v) is 4.95. The lowest BCUT2D eigenvalue weighted by Crippen LogP contribution is -2.49. The number of amides is 1. The summed E-state index contributed by atoms with van der Waals surface area (Å²) in [6, 6.07) is 15.9. The zero-order chi connectivity index (χ0) is 17.2. The van der Waals surface area contributed by atoms with Crippen LogP contribution in [0.5, 0.6) is 0 Å². The average molecular weight is 337 g/mol. The fourth-order valence-electron chi connectivity index (χ4n) is 3.83. The SMILES string of the molecule is O=C1N[C@H](c2ccc3ccc4cccc5ccc2c3c45)C(F)(F)CO1. The summed E-state index contributed by atoms with van der Waals surface area (Å²) in [6.07, 6.45) is -0.818. The number of halogens is 2. The molecule has 0 saturated carbocycles. The molecule has 1 atom stereocenters. The number of ether oxygens (including phenoxy) is 1. The molecule has 0 spiro atoms. The molecule has 0 aromatic heterocycles. The molecule has 5 rings (SSSR count). The van der Waals surface area contributed by atoms with Crippen LogP contribution in [-0.4, -0.2) is 18.6 Å². The number of nitrogens with one attached hydrogen (secondary N) is 1. The Balaban J connectivity index is 1.86. The van der Waals surface area contributed by atoms with E-state index in [0.717, 1.165) is 32.3 Å². The molecule has 25 heavy (non-hydrogen) atoms. The van der Waals surface area contributed by atoms with Gasteiger partial charge < -0.3 is 10.1 Å². The number of hydrogen-bond donors (Lipinski definition) is 1. The molecule has 1 aliphatic heterocycles. The third kappa shape index (κ3) is 1.98. The Morgan fingerprint density at radius 1 is 0.920 bits per heavy atom. The fourth-order valence-corrected chi connectivity index (χ4v) is 3.83. The minimum absolute atomic E-state index is 0.410. The van der Waals surface area contributed by atoms with E-state index < -0.39 is 24.7 Å². The van der Waals surface area contributed by atoms with Crippen LogP contribution in [-0.2, 0) is 4.74 Å². The molecule has 0 unspecified atom stereocenters. The molecule has 0 bridgehead atoms. The molecule has 1 N–H and O–H groups in total. The van der Waals surface area contributed by atoms with Crippen molar-refractivity contribution in [2.45, 2.75) is 12.0 Å². The Bertz CT molecular complexity index is 1120. The second-order valence-electron chi connectivity index (χ2n) is 6.43. The lowest BCUT2D eigenvalue weighted by Gasteiger charge is -2.32. The molecule has 1 aliphatic rings. The Labute approximate surface area is 141 Å². The van der Waals surface area contributed by atoms with Crippen molar-refractivity contribution in [2.24, 2.45) is 0 Å². The number of cyclic esters (lactones) is 1. The maximum Gasteiger partial charge on any atom is 0.408 e. The highest BCUT2D eigenvalue weighted by Gasteiger charge is 2.47. The van der Waals surface area contributed by atoms with Gasteiger partial charge in [0.1, 0.15) is 6.04 Å². The van der Waals surface area contributed by atoms with Gasteiger partial charge in [-0.1, -0.05) is 54.6 Å². The predicted molar refractivity (Wildman–Crippen MR) is 92.3 cm³/mol. The van der Waals surface area contributed by atoms with Crippen molar-refractivity contribution in [2.75, 3.05) is 6.61 Å². The maximum atomic E-state index is 14.4. The Morgan fingerprint density at radius 3 is 2.32 bits per heavy atom. The first-order valence-electron chi connectivity index (χ1n) is 8.02. The van der Waals surface area contributed by atoms with E-state index in [1.165, 1.54) is 0 Å². The largest absolute Gasteiger partial charge is 0.443 e. The molecule has 5 heteroatoms. The van der Waals surface area contributed by atoms with Crippen LogP contribution in [0.15, 0.2) is 54.6 Å². The molecule has 1 amide bonds. The zero-order valence-electron chi connectivity index (χ0n) is 13.1. The minimum Gasteiger partial charge on any atom is -0.443 e. The number of carbonyl (C=O) groups is 1. The summed E-state index contributed by atoms with van der Waals surface area (Å²) in [4.78, 5) is 11.5. The van der Waals surface area contributed by atoms with E-state index in [1.54, 1.807) is 6.07 Å². The first-order valence-corrected chi connectivity index (χ1v) is 8.02. The molecule has 3 nitrogen and oxygen atoms in total. The van der Waals surface area contributed by atoms with Crippen molar-refractivity contribution in [3.8, 4) is 0 Å². The highest BCUT2D eigenvalue weighted by molar-refractivity contribution is 6.23. The van der Waals surface area contributed by atoms with Gasteiger partial charge in [0, 0.05) is 0 Å². The van der Waals surface area contributed by atoms with Gasteiger partial charge in [-0.25, -0.2) is 13.6 Å². The zero-order valence-corrected chi connectivity index (χ0v) is 13.1. The number of carbonyl (C=O) groups excluding carboxylic acids is 1. The first kappa shape index (κ1) is 14.4. The van der Waals surface area contributed by atoms with Crippen LogP contribution in [0.3, 0.4) is 0 Å². The topological polar surface area (TPSA) is 38.3 Å². The number of alkyl carbamates (subject to hydrolysis) is 1. The number of rotatable bonds is 1. The molecular weight excluding hydrogens is 324 g/mol. The lowest BCUT2D eigenvalue weighted by molar-refractivity contribution is -0.103. The summed E-state index contributed by atoms with van der Waals surface area (Å²) >= 11 is 0. The van der Waals surface area contributed by atoms with Gasteiger partial charge in [-0.3, -0.25) is 0 Å². The molecule has 0 radical (unpaired) electrons. The highest BCUT2D eigenvalue weighted by Crippen LogP contribution is 2.42. The molecule has 1 saturated heterocycles. The summed E-state index contributed by atoms with van der Waals surface area (Å²) in [5, 5.41) is 8.14. The quantitative estimate of drug-likeness (QED) is 0.496. The smallest absolute Gasteiger partial charge is 0.408 e. The summed E-state index contributed by atoms with van der Waals surface area (Å²) in [5.74, 6) is -3.17. The summed E-state index contributed by atoms with van der Waals surface area (Å²) < 4.78 is 33.3.